The fourth-order valence-corrected chi connectivity index (χ4v) is 4.69. The minimum Gasteiger partial charge on any atom is -0.492 e. The number of hydrogen-bond acceptors (Lipinski definition) is 7. The molecule has 1 amide bonds. The van der Waals surface area contributed by atoms with Crippen LogP contribution in [0.5, 0.6) is 5.75 Å². The van der Waals surface area contributed by atoms with Gasteiger partial charge in [0.05, 0.1) is 24.5 Å². The van der Waals surface area contributed by atoms with E-state index in [9.17, 15) is 18.0 Å². The molecule has 32 heavy (non-hydrogen) atoms. The van der Waals surface area contributed by atoms with Crippen molar-refractivity contribution in [1.82, 2.24) is 9.29 Å². The van der Waals surface area contributed by atoms with Gasteiger partial charge in [-0.1, -0.05) is 13.8 Å². The lowest BCUT2D eigenvalue weighted by molar-refractivity contribution is 0.0524. The van der Waals surface area contributed by atoms with Gasteiger partial charge < -0.3 is 14.8 Å². The number of aromatic nitrogens is 1. The van der Waals surface area contributed by atoms with Crippen molar-refractivity contribution < 1.29 is 27.5 Å². The fraction of sp³-hybridized carbons (Fsp3) is 0.409. The summed E-state index contributed by atoms with van der Waals surface area (Å²) in [5.74, 6) is -0.841. The molecule has 0 spiro atoms. The van der Waals surface area contributed by atoms with Gasteiger partial charge in [0.1, 0.15) is 16.3 Å². The quantitative estimate of drug-likeness (QED) is 0.538. The topological polar surface area (TPSA) is 115 Å². The van der Waals surface area contributed by atoms with Gasteiger partial charge in [-0.2, -0.15) is 4.31 Å². The Labute approximate surface area is 188 Å². The van der Waals surface area contributed by atoms with Crippen LogP contribution < -0.4 is 10.1 Å². The van der Waals surface area contributed by atoms with Crippen molar-refractivity contribution in [3.63, 3.8) is 0 Å². The number of carbonyl (C=O) groups is 2. The SMILES string of the molecule is CCOC(=O)c1ccc(C(=O)Nc2ccc(OCC)c(S(=O)(=O)N(CC)CC)c2)nc1C. The van der Waals surface area contributed by atoms with E-state index in [0.29, 0.717) is 25.4 Å². The smallest absolute Gasteiger partial charge is 0.339 e. The molecule has 0 aliphatic rings. The summed E-state index contributed by atoms with van der Waals surface area (Å²) in [6, 6.07) is 7.33. The van der Waals surface area contributed by atoms with Gasteiger partial charge in [0, 0.05) is 18.8 Å². The second kappa shape index (κ2) is 11.1. The number of rotatable bonds is 10. The van der Waals surface area contributed by atoms with E-state index in [1.165, 1.54) is 28.6 Å². The number of ether oxygens (including phenoxy) is 2. The minimum atomic E-state index is -3.81. The zero-order valence-electron chi connectivity index (χ0n) is 19.0. The Morgan fingerprint density at radius 1 is 1.03 bits per heavy atom. The van der Waals surface area contributed by atoms with Crippen molar-refractivity contribution in [3.05, 3.63) is 47.3 Å². The van der Waals surface area contributed by atoms with E-state index in [4.69, 9.17) is 9.47 Å². The molecule has 0 saturated carbocycles. The first-order valence-electron chi connectivity index (χ1n) is 10.4. The van der Waals surface area contributed by atoms with Crippen LogP contribution in [0.3, 0.4) is 0 Å². The molecule has 2 aromatic rings. The molecule has 0 aliphatic heterocycles. The molecule has 0 aliphatic carbocycles. The maximum atomic E-state index is 13.1. The van der Waals surface area contributed by atoms with Gasteiger partial charge >= 0.3 is 5.97 Å². The van der Waals surface area contributed by atoms with E-state index in [1.807, 2.05) is 0 Å². The summed E-state index contributed by atoms with van der Waals surface area (Å²) >= 11 is 0. The number of nitrogens with one attached hydrogen (secondary N) is 1. The molecule has 0 radical (unpaired) electrons. The third-order valence-electron chi connectivity index (χ3n) is 4.64. The standard InChI is InChI=1S/C22H29N3O6S/c1-6-25(7-2)32(28,29)20-14-16(10-13-19(20)30-8-3)24-21(26)18-12-11-17(15(5)23-18)22(27)31-9-4/h10-14H,6-9H2,1-5H3,(H,24,26). The monoisotopic (exact) mass is 463 g/mol. The minimum absolute atomic E-state index is 0.0253. The second-order valence-corrected chi connectivity index (χ2v) is 8.59. The van der Waals surface area contributed by atoms with Crippen LogP contribution in [0.25, 0.3) is 0 Å². The molecule has 2 rings (SSSR count). The summed E-state index contributed by atoms with van der Waals surface area (Å²) in [5.41, 5.74) is 0.986. The number of amides is 1. The fourth-order valence-electron chi connectivity index (χ4n) is 3.07. The van der Waals surface area contributed by atoms with Gasteiger partial charge in [-0.05, 0) is 51.1 Å². The predicted octanol–water partition coefficient (Wildman–Crippen LogP) is 3.25. The molecule has 0 atom stereocenters. The number of benzene rings is 1. The Morgan fingerprint density at radius 3 is 2.28 bits per heavy atom. The number of anilines is 1. The zero-order valence-corrected chi connectivity index (χ0v) is 19.8. The van der Waals surface area contributed by atoms with Gasteiger partial charge in [-0.3, -0.25) is 4.79 Å². The van der Waals surface area contributed by atoms with Crippen molar-refractivity contribution in [2.24, 2.45) is 0 Å². The van der Waals surface area contributed by atoms with E-state index >= 15 is 0 Å². The predicted molar refractivity (Wildman–Crippen MR) is 121 cm³/mol. The lowest BCUT2D eigenvalue weighted by Crippen LogP contribution is -2.31. The Hall–Kier alpha value is -2.98. The third-order valence-corrected chi connectivity index (χ3v) is 6.71. The number of sulfonamides is 1. The Kier molecular flexibility index (Phi) is 8.73. The van der Waals surface area contributed by atoms with E-state index in [0.717, 1.165) is 0 Å². The average molecular weight is 464 g/mol. The molecule has 174 valence electrons. The molecular weight excluding hydrogens is 434 g/mol. The average Bonchev–Trinajstić information content (AvgIpc) is 2.75. The lowest BCUT2D eigenvalue weighted by atomic mass is 10.2. The van der Waals surface area contributed by atoms with Crippen LogP contribution in [0.2, 0.25) is 0 Å². The lowest BCUT2D eigenvalue weighted by Gasteiger charge is -2.21. The number of esters is 1. The highest BCUT2D eigenvalue weighted by atomic mass is 32.2. The number of hydrogen-bond donors (Lipinski definition) is 1. The molecule has 0 bridgehead atoms. The second-order valence-electron chi connectivity index (χ2n) is 6.69. The largest absolute Gasteiger partial charge is 0.492 e. The highest BCUT2D eigenvalue weighted by Gasteiger charge is 2.26. The van der Waals surface area contributed by atoms with Gasteiger partial charge in [-0.15, -0.1) is 0 Å². The highest BCUT2D eigenvalue weighted by molar-refractivity contribution is 7.89. The first-order chi connectivity index (χ1) is 15.2. The van der Waals surface area contributed by atoms with Crippen molar-refractivity contribution in [2.75, 3.05) is 31.6 Å². The molecule has 9 nitrogen and oxygen atoms in total. The normalized spacial score (nSPS) is 11.3. The number of nitrogens with zero attached hydrogens (tertiary/aromatic N) is 2. The first-order valence-corrected chi connectivity index (χ1v) is 11.9. The Bertz CT molecular complexity index is 1080. The Balaban J connectivity index is 2.36. The van der Waals surface area contributed by atoms with Crippen molar-refractivity contribution in [2.45, 2.75) is 39.5 Å². The zero-order chi connectivity index (χ0) is 23.9. The van der Waals surface area contributed by atoms with Crippen molar-refractivity contribution in [3.8, 4) is 5.75 Å². The maximum Gasteiger partial charge on any atom is 0.339 e. The summed E-state index contributed by atoms with van der Waals surface area (Å²) in [4.78, 5) is 28.8. The first kappa shape index (κ1) is 25.3. The summed E-state index contributed by atoms with van der Waals surface area (Å²) in [6.45, 7) is 9.70. The molecular formula is C22H29N3O6S. The van der Waals surface area contributed by atoms with E-state index in [2.05, 4.69) is 10.3 Å². The van der Waals surface area contributed by atoms with Crippen LogP contribution in [0.15, 0.2) is 35.2 Å². The molecule has 1 aromatic carbocycles. The molecule has 10 heteroatoms. The molecule has 0 unspecified atom stereocenters. The Morgan fingerprint density at radius 2 is 1.72 bits per heavy atom. The van der Waals surface area contributed by atoms with Crippen LogP contribution in [-0.2, 0) is 14.8 Å². The number of aryl methyl sites for hydroxylation is 1. The molecule has 0 fully saturated rings. The summed E-state index contributed by atoms with van der Waals surface area (Å²) < 4.78 is 37.9. The van der Waals surface area contributed by atoms with Gasteiger partial charge in [0.15, 0.2) is 0 Å². The molecule has 1 heterocycles. The van der Waals surface area contributed by atoms with E-state index < -0.39 is 21.9 Å². The van der Waals surface area contributed by atoms with Crippen LogP contribution >= 0.6 is 0 Å². The van der Waals surface area contributed by atoms with Crippen molar-refractivity contribution in [1.29, 1.82) is 0 Å². The van der Waals surface area contributed by atoms with Crippen molar-refractivity contribution >= 4 is 27.6 Å². The van der Waals surface area contributed by atoms with Gasteiger partial charge in [-0.25, -0.2) is 18.2 Å². The highest BCUT2D eigenvalue weighted by Crippen LogP contribution is 2.30. The van der Waals surface area contributed by atoms with E-state index in [1.54, 1.807) is 40.7 Å². The summed E-state index contributed by atoms with van der Waals surface area (Å²) in [7, 11) is -3.81. The molecule has 0 saturated heterocycles. The van der Waals surface area contributed by atoms with Gasteiger partial charge in [0.25, 0.3) is 5.91 Å². The third kappa shape index (κ3) is 5.63. The van der Waals surface area contributed by atoms with Crippen LogP contribution in [0, 0.1) is 6.92 Å². The summed E-state index contributed by atoms with van der Waals surface area (Å²) in [5, 5.41) is 2.66. The van der Waals surface area contributed by atoms with Crippen LogP contribution in [0.1, 0.15) is 54.2 Å². The summed E-state index contributed by atoms with van der Waals surface area (Å²) in [6.07, 6.45) is 0. The molecule has 1 N–H and O–H groups in total. The van der Waals surface area contributed by atoms with Crippen LogP contribution in [-0.4, -0.2) is 55.9 Å². The maximum absolute atomic E-state index is 13.1. The van der Waals surface area contributed by atoms with Gasteiger partial charge in [0.2, 0.25) is 10.0 Å². The molecule has 1 aromatic heterocycles. The van der Waals surface area contributed by atoms with Crippen LogP contribution in [0.4, 0.5) is 5.69 Å². The number of pyridine rings is 1. The van der Waals surface area contributed by atoms with E-state index in [-0.39, 0.29) is 34.2 Å². The number of carbonyl (C=O) groups excluding carboxylic acids is 2.